The zero-order valence-electron chi connectivity index (χ0n) is 12.9. The quantitative estimate of drug-likeness (QED) is 0.596. The molecule has 1 aliphatic heterocycles. The third kappa shape index (κ3) is 5.52. The molecule has 2 rings (SSSR count). The highest BCUT2D eigenvalue weighted by Crippen LogP contribution is 2.18. The highest BCUT2D eigenvalue weighted by Gasteiger charge is 2.15. The Hall–Kier alpha value is -0.650. The monoisotopic (exact) mass is 387 g/mol. The van der Waals surface area contributed by atoms with Crippen LogP contribution in [0, 0.1) is 5.92 Å². The predicted octanol–water partition coefficient (Wildman–Crippen LogP) is 3.74. The normalized spacial score (nSPS) is 16.7. The minimum atomic E-state index is -0.161. The Balaban J connectivity index is 1.64. The third-order valence-corrected chi connectivity index (χ3v) is 4.85. The molecule has 4 nitrogen and oxygen atoms in total. The van der Waals surface area contributed by atoms with Gasteiger partial charge in [-0.05, 0) is 73.2 Å². The van der Waals surface area contributed by atoms with Crippen molar-refractivity contribution in [3.63, 3.8) is 0 Å². The Morgan fingerprint density at radius 3 is 2.91 bits per heavy atom. The van der Waals surface area contributed by atoms with Crippen molar-refractivity contribution in [1.29, 1.82) is 0 Å². The van der Waals surface area contributed by atoms with Crippen LogP contribution in [0.4, 0.5) is 0 Å². The number of nitrogens with one attached hydrogen (secondary N) is 1. The molecule has 0 unspecified atom stereocenters. The molecule has 6 heteroatoms. The number of nitrogens with zero attached hydrogens (tertiary/aromatic N) is 2. The van der Waals surface area contributed by atoms with Gasteiger partial charge in [0.15, 0.2) is 0 Å². The third-order valence-electron chi connectivity index (χ3n) is 4.11. The molecule has 0 spiro atoms. The number of carbonyl (C=O) groups is 1. The minimum absolute atomic E-state index is 0.161. The minimum Gasteiger partial charge on any atom is -0.352 e. The second kappa shape index (κ2) is 8.85. The van der Waals surface area contributed by atoms with E-state index >= 15 is 0 Å². The largest absolute Gasteiger partial charge is 0.352 e. The van der Waals surface area contributed by atoms with E-state index in [0.717, 1.165) is 29.8 Å². The first-order chi connectivity index (χ1) is 10.6. The lowest BCUT2D eigenvalue weighted by molar-refractivity contribution is 0.0952. The molecule has 0 bridgehead atoms. The van der Waals surface area contributed by atoms with E-state index in [9.17, 15) is 4.79 Å². The van der Waals surface area contributed by atoms with Crippen LogP contribution >= 0.6 is 27.5 Å². The topological polar surface area (TPSA) is 45.2 Å². The van der Waals surface area contributed by atoms with Crippen molar-refractivity contribution in [2.45, 2.75) is 32.6 Å². The van der Waals surface area contributed by atoms with Crippen LogP contribution in [0.2, 0.25) is 5.15 Å². The molecule has 1 saturated heterocycles. The lowest BCUT2D eigenvalue weighted by Crippen LogP contribution is -2.34. The molecule has 0 saturated carbocycles. The first-order valence-corrected chi connectivity index (χ1v) is 9.05. The van der Waals surface area contributed by atoms with Crippen molar-refractivity contribution in [2.75, 3.05) is 26.2 Å². The molecule has 0 aromatic carbocycles. The SMILES string of the molecule is CC1CCN(CCCCNC(=O)c2cc(Br)cnc2Cl)CC1. The first-order valence-electron chi connectivity index (χ1n) is 7.88. The predicted molar refractivity (Wildman–Crippen MR) is 93.4 cm³/mol. The van der Waals surface area contributed by atoms with Crippen LogP contribution < -0.4 is 5.32 Å². The molecule has 1 aliphatic rings. The standard InChI is InChI=1S/C16H23BrClN3O/c1-12-4-8-21(9-5-12)7-3-2-6-19-16(22)14-10-13(17)11-20-15(14)18/h10-12H,2-9H2,1H3,(H,19,22). The Kier molecular flexibility index (Phi) is 7.12. The van der Waals surface area contributed by atoms with Gasteiger partial charge in [-0.3, -0.25) is 4.79 Å². The van der Waals surface area contributed by atoms with Gasteiger partial charge < -0.3 is 10.2 Å². The summed E-state index contributed by atoms with van der Waals surface area (Å²) >= 11 is 9.24. The highest BCUT2D eigenvalue weighted by atomic mass is 79.9. The molecular formula is C16H23BrClN3O. The fourth-order valence-corrected chi connectivity index (χ4v) is 3.15. The Labute approximate surface area is 145 Å². The van der Waals surface area contributed by atoms with Gasteiger partial charge in [0.2, 0.25) is 0 Å². The average molecular weight is 389 g/mol. The van der Waals surface area contributed by atoms with Crippen molar-refractivity contribution < 1.29 is 4.79 Å². The van der Waals surface area contributed by atoms with Crippen LogP contribution in [-0.4, -0.2) is 42.0 Å². The summed E-state index contributed by atoms with van der Waals surface area (Å²) in [5.74, 6) is 0.713. The van der Waals surface area contributed by atoms with E-state index in [0.29, 0.717) is 12.1 Å². The number of piperidine rings is 1. The number of rotatable bonds is 6. The summed E-state index contributed by atoms with van der Waals surface area (Å²) in [5.41, 5.74) is 0.418. The molecule has 1 N–H and O–H groups in total. The number of aromatic nitrogens is 1. The maximum atomic E-state index is 12.1. The number of carbonyl (C=O) groups excluding carboxylic acids is 1. The number of halogens is 2. The van der Waals surface area contributed by atoms with Crippen LogP contribution in [0.15, 0.2) is 16.7 Å². The summed E-state index contributed by atoms with van der Waals surface area (Å²) in [6.07, 6.45) is 6.30. The van der Waals surface area contributed by atoms with E-state index < -0.39 is 0 Å². The second-order valence-electron chi connectivity index (χ2n) is 5.98. The zero-order valence-corrected chi connectivity index (χ0v) is 15.3. The molecule has 22 heavy (non-hydrogen) atoms. The fourth-order valence-electron chi connectivity index (χ4n) is 2.63. The van der Waals surface area contributed by atoms with Gasteiger partial charge in [0.1, 0.15) is 5.15 Å². The smallest absolute Gasteiger partial charge is 0.254 e. The van der Waals surface area contributed by atoms with E-state index in [1.165, 1.54) is 25.9 Å². The second-order valence-corrected chi connectivity index (χ2v) is 7.25. The number of amides is 1. The van der Waals surface area contributed by atoms with Gasteiger partial charge in [-0.15, -0.1) is 0 Å². The van der Waals surface area contributed by atoms with E-state index in [1.807, 2.05) is 0 Å². The number of hydrogen-bond acceptors (Lipinski definition) is 3. The first kappa shape index (κ1) is 17.7. The van der Waals surface area contributed by atoms with Crippen molar-refractivity contribution >= 4 is 33.4 Å². The zero-order chi connectivity index (χ0) is 15.9. The fraction of sp³-hybridized carbons (Fsp3) is 0.625. The molecule has 1 amide bonds. The lowest BCUT2D eigenvalue weighted by atomic mass is 9.99. The van der Waals surface area contributed by atoms with Gasteiger partial charge in [0.05, 0.1) is 5.56 Å². The molecule has 1 fully saturated rings. The van der Waals surface area contributed by atoms with Gasteiger partial charge in [-0.2, -0.15) is 0 Å². The molecule has 0 atom stereocenters. The number of hydrogen-bond donors (Lipinski definition) is 1. The van der Waals surface area contributed by atoms with E-state index in [-0.39, 0.29) is 11.1 Å². The van der Waals surface area contributed by atoms with E-state index in [2.05, 4.69) is 38.1 Å². The molecule has 1 aromatic heterocycles. The molecule has 1 aromatic rings. The number of pyridine rings is 1. The maximum absolute atomic E-state index is 12.1. The van der Waals surface area contributed by atoms with Crippen LogP contribution in [0.3, 0.4) is 0 Å². The summed E-state index contributed by atoms with van der Waals surface area (Å²) in [7, 11) is 0. The Bertz CT molecular complexity index is 504. The van der Waals surface area contributed by atoms with Gasteiger partial charge in [-0.25, -0.2) is 4.98 Å². The van der Waals surface area contributed by atoms with Crippen LogP contribution in [-0.2, 0) is 0 Å². The molecule has 0 radical (unpaired) electrons. The molecule has 0 aliphatic carbocycles. The Morgan fingerprint density at radius 2 is 2.18 bits per heavy atom. The van der Waals surface area contributed by atoms with E-state index in [1.54, 1.807) is 12.3 Å². The van der Waals surface area contributed by atoms with Gasteiger partial charge in [-0.1, -0.05) is 18.5 Å². The molecule has 2 heterocycles. The van der Waals surface area contributed by atoms with Crippen LogP contribution in [0.5, 0.6) is 0 Å². The van der Waals surface area contributed by atoms with Crippen LogP contribution in [0.1, 0.15) is 43.0 Å². The average Bonchev–Trinajstić information content (AvgIpc) is 2.51. The van der Waals surface area contributed by atoms with Crippen LogP contribution in [0.25, 0.3) is 0 Å². The summed E-state index contributed by atoms with van der Waals surface area (Å²) in [5, 5.41) is 3.15. The number of likely N-dealkylation sites (tertiary alicyclic amines) is 1. The van der Waals surface area contributed by atoms with Gasteiger partial charge >= 0.3 is 0 Å². The van der Waals surface area contributed by atoms with Crippen molar-refractivity contribution in [1.82, 2.24) is 15.2 Å². The number of unbranched alkanes of at least 4 members (excludes halogenated alkanes) is 1. The highest BCUT2D eigenvalue weighted by molar-refractivity contribution is 9.10. The summed E-state index contributed by atoms with van der Waals surface area (Å²) in [6.45, 7) is 6.56. The van der Waals surface area contributed by atoms with Crippen molar-refractivity contribution in [2.24, 2.45) is 5.92 Å². The van der Waals surface area contributed by atoms with Crippen molar-refractivity contribution in [3.8, 4) is 0 Å². The van der Waals surface area contributed by atoms with Gasteiger partial charge in [0.25, 0.3) is 5.91 Å². The van der Waals surface area contributed by atoms with E-state index in [4.69, 9.17) is 11.6 Å². The molecule has 122 valence electrons. The summed E-state index contributed by atoms with van der Waals surface area (Å²) in [6, 6.07) is 1.69. The van der Waals surface area contributed by atoms with Crippen molar-refractivity contribution in [3.05, 3.63) is 27.5 Å². The summed E-state index contributed by atoms with van der Waals surface area (Å²) < 4.78 is 0.751. The Morgan fingerprint density at radius 1 is 1.45 bits per heavy atom. The summed E-state index contributed by atoms with van der Waals surface area (Å²) in [4.78, 5) is 18.5. The van der Waals surface area contributed by atoms with Gasteiger partial charge in [0, 0.05) is 17.2 Å². The lowest BCUT2D eigenvalue weighted by Gasteiger charge is -2.30. The molecular weight excluding hydrogens is 366 g/mol. The maximum Gasteiger partial charge on any atom is 0.254 e.